The number of thioether (sulfide) groups is 1. The molecule has 0 radical (unpaired) electrons. The number of nitrogens with zero attached hydrogens (tertiary/aromatic N) is 3. The molecule has 150 valence electrons. The minimum absolute atomic E-state index is 0.0126. The Hall–Kier alpha value is -1.81. The third-order valence-electron chi connectivity index (χ3n) is 4.93. The molecule has 0 aromatic carbocycles. The maximum absolute atomic E-state index is 12.5. The van der Waals surface area contributed by atoms with Gasteiger partial charge in [0, 0.05) is 19.7 Å². The third kappa shape index (κ3) is 5.13. The van der Waals surface area contributed by atoms with Crippen LogP contribution in [0.25, 0.3) is 0 Å². The maximum atomic E-state index is 12.5. The van der Waals surface area contributed by atoms with Crippen molar-refractivity contribution in [2.24, 2.45) is 5.92 Å². The normalized spacial score (nSPS) is 20.8. The van der Waals surface area contributed by atoms with Crippen molar-refractivity contribution in [2.45, 2.75) is 50.4 Å². The Morgan fingerprint density at radius 1 is 1.33 bits per heavy atom. The van der Waals surface area contributed by atoms with Crippen LogP contribution in [0.15, 0.2) is 9.95 Å². The first-order valence-corrected chi connectivity index (χ1v) is 10.4. The van der Waals surface area contributed by atoms with E-state index in [1.54, 1.807) is 16.4 Å². The van der Waals surface area contributed by atoms with Gasteiger partial charge in [0.25, 0.3) is 0 Å². The van der Waals surface area contributed by atoms with Gasteiger partial charge in [-0.15, -0.1) is 5.10 Å². The van der Waals surface area contributed by atoms with E-state index >= 15 is 0 Å². The van der Waals surface area contributed by atoms with E-state index in [1.807, 2.05) is 0 Å². The Balaban J connectivity index is 1.48. The van der Waals surface area contributed by atoms with E-state index in [4.69, 9.17) is 9.47 Å². The van der Waals surface area contributed by atoms with Crippen LogP contribution in [0.2, 0.25) is 0 Å². The van der Waals surface area contributed by atoms with Gasteiger partial charge in [-0.25, -0.2) is 9.89 Å². The van der Waals surface area contributed by atoms with Crippen molar-refractivity contribution in [3.63, 3.8) is 0 Å². The zero-order chi connectivity index (χ0) is 19.2. The number of rotatable bonds is 7. The van der Waals surface area contributed by atoms with Crippen LogP contribution in [-0.2, 0) is 25.6 Å². The first kappa shape index (κ1) is 19.9. The molecule has 3 heterocycles. The van der Waals surface area contributed by atoms with Crippen LogP contribution in [0.1, 0.15) is 32.6 Å². The summed E-state index contributed by atoms with van der Waals surface area (Å²) in [5.74, 6) is -0.0977. The lowest BCUT2D eigenvalue weighted by Crippen LogP contribution is -2.41. The van der Waals surface area contributed by atoms with Crippen LogP contribution in [0.4, 0.5) is 0 Å². The molecular weight excluding hydrogens is 372 g/mol. The molecule has 0 spiro atoms. The quantitative estimate of drug-likeness (QED) is 0.531. The number of aromatic nitrogens is 3. The first-order chi connectivity index (χ1) is 13.1. The van der Waals surface area contributed by atoms with Crippen LogP contribution in [0.3, 0.4) is 0 Å². The molecule has 2 saturated heterocycles. The van der Waals surface area contributed by atoms with Crippen LogP contribution in [0, 0.1) is 5.92 Å². The largest absolute Gasteiger partial charge is 0.466 e. The molecule has 1 N–H and O–H groups in total. The molecular formula is C17H26N4O5S. The summed E-state index contributed by atoms with van der Waals surface area (Å²) in [5.41, 5.74) is -0.282. The summed E-state index contributed by atoms with van der Waals surface area (Å²) in [6, 6.07) is 0. The number of hydrogen-bond donors (Lipinski definition) is 1. The molecule has 2 aliphatic rings. The second kappa shape index (κ2) is 9.41. The number of H-pyrrole nitrogens is 1. The van der Waals surface area contributed by atoms with E-state index in [2.05, 4.69) is 10.2 Å². The van der Waals surface area contributed by atoms with Crippen molar-refractivity contribution in [3.05, 3.63) is 10.5 Å². The summed E-state index contributed by atoms with van der Waals surface area (Å²) in [6.45, 7) is 4.45. The molecule has 27 heavy (non-hydrogen) atoms. The summed E-state index contributed by atoms with van der Waals surface area (Å²) in [7, 11) is 0. The molecule has 10 heteroatoms. The highest BCUT2D eigenvalue weighted by atomic mass is 32.2. The van der Waals surface area contributed by atoms with Gasteiger partial charge in [0.1, 0.15) is 0 Å². The van der Waals surface area contributed by atoms with Gasteiger partial charge in [0.2, 0.25) is 5.91 Å². The molecule has 3 rings (SSSR count). The summed E-state index contributed by atoms with van der Waals surface area (Å²) in [6.07, 6.45) is 3.20. The number of carbonyl (C=O) groups is 2. The van der Waals surface area contributed by atoms with Crippen LogP contribution >= 0.6 is 11.8 Å². The maximum Gasteiger partial charge on any atom is 0.344 e. The number of ether oxygens (including phenoxy) is 2. The summed E-state index contributed by atoms with van der Waals surface area (Å²) >= 11 is 1.25. The SMILES string of the molecule is CCOC(=O)C1CCN(C(=O)CSc2n[nH]c(=O)n2C[C@@H]2CCCO2)CC1. The molecule has 1 aromatic rings. The Bertz CT molecular complexity index is 704. The Kier molecular flexibility index (Phi) is 6.95. The number of nitrogens with one attached hydrogen (secondary N) is 1. The van der Waals surface area contributed by atoms with E-state index < -0.39 is 0 Å². The number of carbonyl (C=O) groups excluding carboxylic acids is 2. The van der Waals surface area contributed by atoms with Gasteiger partial charge in [-0.3, -0.25) is 14.2 Å². The smallest absolute Gasteiger partial charge is 0.344 e. The Morgan fingerprint density at radius 3 is 2.78 bits per heavy atom. The number of amides is 1. The monoisotopic (exact) mass is 398 g/mol. The highest BCUT2D eigenvalue weighted by Gasteiger charge is 2.28. The average Bonchev–Trinajstić information content (AvgIpc) is 3.31. The van der Waals surface area contributed by atoms with E-state index in [9.17, 15) is 14.4 Å². The van der Waals surface area contributed by atoms with Gasteiger partial charge < -0.3 is 14.4 Å². The number of esters is 1. The molecule has 2 aliphatic heterocycles. The molecule has 2 fully saturated rings. The second-order valence-electron chi connectivity index (χ2n) is 6.75. The fraction of sp³-hybridized carbons (Fsp3) is 0.765. The number of likely N-dealkylation sites (tertiary alicyclic amines) is 1. The molecule has 0 aliphatic carbocycles. The lowest BCUT2D eigenvalue weighted by molar-refractivity contribution is -0.151. The minimum Gasteiger partial charge on any atom is -0.466 e. The highest BCUT2D eigenvalue weighted by molar-refractivity contribution is 7.99. The van der Waals surface area contributed by atoms with Gasteiger partial charge in [0.05, 0.1) is 30.9 Å². The molecule has 1 aromatic heterocycles. The Morgan fingerprint density at radius 2 is 2.11 bits per heavy atom. The van der Waals surface area contributed by atoms with Crippen molar-refractivity contribution < 1.29 is 19.1 Å². The van der Waals surface area contributed by atoms with E-state index in [-0.39, 0.29) is 35.3 Å². The van der Waals surface area contributed by atoms with Crippen molar-refractivity contribution in [3.8, 4) is 0 Å². The first-order valence-electron chi connectivity index (χ1n) is 9.42. The fourth-order valence-corrected chi connectivity index (χ4v) is 4.27. The van der Waals surface area contributed by atoms with Gasteiger partial charge in [-0.05, 0) is 32.6 Å². The van der Waals surface area contributed by atoms with Gasteiger partial charge in [0.15, 0.2) is 5.16 Å². The van der Waals surface area contributed by atoms with Gasteiger partial charge in [-0.2, -0.15) is 0 Å². The lowest BCUT2D eigenvalue weighted by atomic mass is 9.97. The predicted molar refractivity (Wildman–Crippen MR) is 98.5 cm³/mol. The van der Waals surface area contributed by atoms with Crippen molar-refractivity contribution in [1.29, 1.82) is 0 Å². The fourth-order valence-electron chi connectivity index (χ4n) is 3.41. The van der Waals surface area contributed by atoms with Crippen molar-refractivity contribution in [1.82, 2.24) is 19.7 Å². The van der Waals surface area contributed by atoms with Crippen molar-refractivity contribution >= 4 is 23.6 Å². The zero-order valence-corrected chi connectivity index (χ0v) is 16.3. The summed E-state index contributed by atoms with van der Waals surface area (Å²) < 4.78 is 12.2. The topological polar surface area (TPSA) is 107 Å². The van der Waals surface area contributed by atoms with Gasteiger partial charge in [-0.1, -0.05) is 11.8 Å². The summed E-state index contributed by atoms with van der Waals surface area (Å²) in [4.78, 5) is 38.0. The predicted octanol–water partition coefficient (Wildman–Crippen LogP) is 0.644. The molecule has 9 nitrogen and oxygen atoms in total. The number of hydrogen-bond acceptors (Lipinski definition) is 7. The molecule has 1 amide bonds. The highest BCUT2D eigenvalue weighted by Crippen LogP contribution is 2.22. The van der Waals surface area contributed by atoms with Crippen LogP contribution < -0.4 is 5.69 Å². The molecule has 0 unspecified atom stereocenters. The standard InChI is InChI=1S/C17H26N4O5S/c1-2-25-15(23)12-5-7-20(8-6-12)14(22)11-27-17-19-18-16(24)21(17)10-13-4-3-9-26-13/h12-13H,2-11H2,1H3,(H,18,24)/t13-/m0/s1. The minimum atomic E-state index is -0.282. The molecule has 1 atom stereocenters. The lowest BCUT2D eigenvalue weighted by Gasteiger charge is -2.30. The average molecular weight is 398 g/mol. The second-order valence-corrected chi connectivity index (χ2v) is 7.70. The number of aromatic amines is 1. The molecule has 0 bridgehead atoms. The van der Waals surface area contributed by atoms with Crippen molar-refractivity contribution in [2.75, 3.05) is 32.1 Å². The summed E-state index contributed by atoms with van der Waals surface area (Å²) in [5, 5.41) is 6.99. The third-order valence-corrected chi connectivity index (χ3v) is 5.89. The van der Waals surface area contributed by atoms with Crippen LogP contribution in [0.5, 0.6) is 0 Å². The van der Waals surface area contributed by atoms with E-state index in [0.29, 0.717) is 44.2 Å². The van der Waals surface area contributed by atoms with E-state index in [0.717, 1.165) is 19.4 Å². The number of piperidine rings is 1. The molecule has 0 saturated carbocycles. The van der Waals surface area contributed by atoms with Gasteiger partial charge >= 0.3 is 11.7 Å². The van der Waals surface area contributed by atoms with E-state index in [1.165, 1.54) is 11.8 Å². The van der Waals surface area contributed by atoms with Crippen LogP contribution in [-0.4, -0.2) is 69.7 Å². The Labute approximate surface area is 161 Å². The zero-order valence-electron chi connectivity index (χ0n) is 15.5.